The van der Waals surface area contributed by atoms with Gasteiger partial charge in [-0.05, 0) is 6.92 Å². The van der Waals surface area contributed by atoms with E-state index in [0.717, 1.165) is 17.9 Å². The van der Waals surface area contributed by atoms with Crippen molar-refractivity contribution in [3.05, 3.63) is 17.7 Å². The first-order valence-electron chi connectivity index (χ1n) is 3.03. The van der Waals surface area contributed by atoms with E-state index in [1.165, 1.54) is 0 Å². The van der Waals surface area contributed by atoms with Gasteiger partial charge in [0.25, 0.3) is 0 Å². The van der Waals surface area contributed by atoms with E-state index in [-0.39, 0.29) is 0 Å². The van der Waals surface area contributed by atoms with E-state index in [0.29, 0.717) is 0 Å². The average molecular weight is 144 g/mol. The Morgan fingerprint density at radius 1 is 1.60 bits per heavy atom. The third-order valence-corrected chi connectivity index (χ3v) is 1.09. The lowest BCUT2D eigenvalue weighted by atomic mass is 10.5. The predicted octanol–water partition coefficient (Wildman–Crippen LogP) is 1.30. The zero-order chi connectivity index (χ0) is 7.98. The van der Waals surface area contributed by atoms with Gasteiger partial charge in [0.2, 0.25) is 0 Å². The highest BCUT2D eigenvalue weighted by Gasteiger charge is 1.89. The lowest BCUT2D eigenvalue weighted by Crippen LogP contribution is -1.80. The molecule has 0 atom stereocenters. The number of hydrogen-bond acceptors (Lipinski definition) is 3. The van der Waals surface area contributed by atoms with Crippen LogP contribution in [0.2, 0.25) is 0 Å². The van der Waals surface area contributed by atoms with Crippen LogP contribution in [-0.4, -0.2) is 20.5 Å². The summed E-state index contributed by atoms with van der Waals surface area (Å²) < 4.78 is 0. The van der Waals surface area contributed by atoms with Gasteiger partial charge in [0, 0.05) is 18.3 Å². The minimum Gasteiger partial charge on any atom is -0.346 e. The fourth-order valence-corrected chi connectivity index (χ4v) is 0.647. The molecule has 0 bridgehead atoms. The Morgan fingerprint density at radius 3 is 2.40 bits per heavy atom. The van der Waals surface area contributed by atoms with Crippen molar-refractivity contribution in [1.29, 1.82) is 0 Å². The van der Waals surface area contributed by atoms with Crippen LogP contribution in [0.5, 0.6) is 0 Å². The number of aromatic amines is 1. The number of imidazole rings is 1. The fraction of sp³-hybridized carbons (Fsp3) is 0.500. The Balaban J connectivity index is 0.000000371. The summed E-state index contributed by atoms with van der Waals surface area (Å²) in [5, 5.41) is 12.0. The number of nitrogens with zero attached hydrogens (tertiary/aromatic N) is 1. The van der Waals surface area contributed by atoms with Crippen molar-refractivity contribution in [2.24, 2.45) is 0 Å². The highest BCUT2D eigenvalue weighted by Crippen LogP contribution is 1.93. The molecule has 0 aliphatic carbocycles. The molecule has 0 saturated heterocycles. The summed E-state index contributed by atoms with van der Waals surface area (Å²) in [6.45, 7) is 4.09. The van der Waals surface area contributed by atoms with Crippen LogP contribution in [0.4, 0.5) is 0 Å². The molecule has 0 fully saturated rings. The second-order valence-corrected chi connectivity index (χ2v) is 1.87. The van der Waals surface area contributed by atoms with E-state index in [4.69, 9.17) is 10.5 Å². The molecular formula is C6H12N2O2. The molecule has 1 aromatic rings. The maximum Gasteiger partial charge on any atom is 0.105 e. The van der Waals surface area contributed by atoms with Crippen LogP contribution in [0.15, 0.2) is 6.20 Å². The summed E-state index contributed by atoms with van der Waals surface area (Å²) in [7, 11) is 0. The Kier molecular flexibility index (Phi) is 4.53. The molecule has 0 aromatic carbocycles. The second kappa shape index (κ2) is 4.96. The molecule has 1 heterocycles. The predicted molar refractivity (Wildman–Crippen MR) is 38.0 cm³/mol. The summed E-state index contributed by atoms with van der Waals surface area (Å²) in [6, 6.07) is 0. The van der Waals surface area contributed by atoms with Crippen LogP contribution in [-0.2, 0) is 6.42 Å². The highest BCUT2D eigenvalue weighted by molar-refractivity contribution is 4.97. The largest absolute Gasteiger partial charge is 0.346 e. The molecule has 4 heteroatoms. The molecule has 58 valence electrons. The number of H-pyrrole nitrogens is 1. The lowest BCUT2D eigenvalue weighted by molar-refractivity contribution is -0.176. The number of nitrogens with one attached hydrogen (secondary N) is 1. The monoisotopic (exact) mass is 144 g/mol. The van der Waals surface area contributed by atoms with Crippen molar-refractivity contribution >= 4 is 0 Å². The van der Waals surface area contributed by atoms with Gasteiger partial charge in [-0.15, -0.1) is 0 Å². The maximum absolute atomic E-state index is 6.00. The van der Waals surface area contributed by atoms with Gasteiger partial charge in [-0.25, -0.2) is 4.98 Å². The highest BCUT2D eigenvalue weighted by atomic mass is 17.0. The summed E-state index contributed by atoms with van der Waals surface area (Å²) in [4.78, 5) is 7.19. The minimum absolute atomic E-state index is 0.994. The minimum atomic E-state index is 0.994. The Bertz CT molecular complexity index is 174. The first-order valence-corrected chi connectivity index (χ1v) is 3.03. The lowest BCUT2D eigenvalue weighted by Gasteiger charge is -1.82. The van der Waals surface area contributed by atoms with E-state index in [1.54, 1.807) is 0 Å². The third-order valence-electron chi connectivity index (χ3n) is 1.09. The maximum atomic E-state index is 6.00. The summed E-state index contributed by atoms with van der Waals surface area (Å²) >= 11 is 0. The molecular weight excluding hydrogens is 132 g/mol. The van der Waals surface area contributed by atoms with Crippen LogP contribution in [0.3, 0.4) is 0 Å². The Labute approximate surface area is 59.5 Å². The zero-order valence-electron chi connectivity index (χ0n) is 6.13. The van der Waals surface area contributed by atoms with E-state index < -0.39 is 0 Å². The van der Waals surface area contributed by atoms with Gasteiger partial charge in [0.1, 0.15) is 5.82 Å². The van der Waals surface area contributed by atoms with Crippen LogP contribution in [0.25, 0.3) is 0 Å². The van der Waals surface area contributed by atoms with Gasteiger partial charge < -0.3 is 4.98 Å². The third kappa shape index (κ3) is 2.61. The molecule has 0 aliphatic rings. The second-order valence-electron chi connectivity index (χ2n) is 1.87. The molecule has 0 spiro atoms. The SMILES string of the molecule is CCc1ncc(C)[nH]1.OO. The zero-order valence-corrected chi connectivity index (χ0v) is 6.13. The Morgan fingerprint density at radius 2 is 2.20 bits per heavy atom. The quantitative estimate of drug-likeness (QED) is 0.411. The molecule has 0 aliphatic heterocycles. The van der Waals surface area contributed by atoms with Gasteiger partial charge >= 0.3 is 0 Å². The van der Waals surface area contributed by atoms with Gasteiger partial charge in [0.05, 0.1) is 0 Å². The van der Waals surface area contributed by atoms with Crippen molar-refractivity contribution in [1.82, 2.24) is 9.97 Å². The number of rotatable bonds is 1. The molecule has 0 radical (unpaired) electrons. The van der Waals surface area contributed by atoms with Crippen molar-refractivity contribution < 1.29 is 10.5 Å². The molecule has 1 rings (SSSR count). The number of aromatic nitrogens is 2. The Hall–Kier alpha value is -0.870. The standard InChI is InChI=1S/C6H10N2.H2O2/c1-3-6-7-4-5(2)8-6;1-2/h4H,3H2,1-2H3,(H,7,8);1-2H. The summed E-state index contributed by atoms with van der Waals surface area (Å²) in [5.41, 5.74) is 1.14. The van der Waals surface area contributed by atoms with E-state index in [2.05, 4.69) is 16.9 Å². The molecule has 10 heavy (non-hydrogen) atoms. The topological polar surface area (TPSA) is 69.1 Å². The van der Waals surface area contributed by atoms with Crippen molar-refractivity contribution in [3.63, 3.8) is 0 Å². The van der Waals surface area contributed by atoms with Gasteiger partial charge in [-0.1, -0.05) is 6.92 Å². The molecule has 0 unspecified atom stereocenters. The fourth-order valence-electron chi connectivity index (χ4n) is 0.647. The van der Waals surface area contributed by atoms with E-state index >= 15 is 0 Å². The molecule has 0 amide bonds. The molecule has 1 aromatic heterocycles. The van der Waals surface area contributed by atoms with Crippen LogP contribution in [0.1, 0.15) is 18.4 Å². The van der Waals surface area contributed by atoms with E-state index in [9.17, 15) is 0 Å². The van der Waals surface area contributed by atoms with Crippen molar-refractivity contribution in [2.45, 2.75) is 20.3 Å². The first-order chi connectivity index (χ1) is 4.83. The van der Waals surface area contributed by atoms with Crippen LogP contribution in [0, 0.1) is 6.92 Å². The summed E-state index contributed by atoms with van der Waals surface area (Å²) in [5.74, 6) is 1.07. The molecule has 0 saturated carbocycles. The first kappa shape index (κ1) is 9.13. The van der Waals surface area contributed by atoms with Gasteiger partial charge in [-0.3, -0.25) is 10.5 Å². The number of aryl methyl sites for hydroxylation is 2. The van der Waals surface area contributed by atoms with Gasteiger partial charge in [0.15, 0.2) is 0 Å². The summed E-state index contributed by atoms with van der Waals surface area (Å²) in [6.07, 6.45) is 2.84. The van der Waals surface area contributed by atoms with Crippen molar-refractivity contribution in [3.8, 4) is 0 Å². The average Bonchev–Trinajstić information content (AvgIpc) is 2.40. The number of hydrogen-bond donors (Lipinski definition) is 3. The van der Waals surface area contributed by atoms with Gasteiger partial charge in [-0.2, -0.15) is 0 Å². The normalized spacial score (nSPS) is 8.40. The molecule has 4 nitrogen and oxygen atoms in total. The van der Waals surface area contributed by atoms with Crippen molar-refractivity contribution in [2.75, 3.05) is 0 Å². The smallest absolute Gasteiger partial charge is 0.105 e. The van der Waals surface area contributed by atoms with E-state index in [1.807, 2.05) is 13.1 Å². The van der Waals surface area contributed by atoms with Crippen LogP contribution >= 0.6 is 0 Å². The van der Waals surface area contributed by atoms with Crippen LogP contribution < -0.4 is 0 Å². The molecule has 3 N–H and O–H groups in total.